The van der Waals surface area contributed by atoms with E-state index in [1.807, 2.05) is 29.7 Å². The van der Waals surface area contributed by atoms with Crippen molar-refractivity contribution in [2.45, 2.75) is 19.9 Å². The Balaban J connectivity index is 2.10. The molecule has 0 aliphatic carbocycles. The van der Waals surface area contributed by atoms with Gasteiger partial charge in [0.1, 0.15) is 21.7 Å². The fraction of sp³-hybridized carbons (Fsp3) is 0.294. The van der Waals surface area contributed by atoms with Crippen molar-refractivity contribution in [2.24, 2.45) is 4.99 Å². The van der Waals surface area contributed by atoms with E-state index in [4.69, 9.17) is 21.1 Å². The summed E-state index contributed by atoms with van der Waals surface area (Å²) in [6.45, 7) is 2.67. The molecule has 0 saturated carbocycles. The van der Waals surface area contributed by atoms with Gasteiger partial charge in [0.25, 0.3) is 5.91 Å². The lowest BCUT2D eigenvalue weighted by Crippen LogP contribution is -2.16. The van der Waals surface area contributed by atoms with Crippen LogP contribution in [0.2, 0.25) is 4.34 Å². The number of thiazole rings is 1. The van der Waals surface area contributed by atoms with Crippen LogP contribution in [0.5, 0.6) is 11.5 Å². The minimum atomic E-state index is -0.204. The highest BCUT2D eigenvalue weighted by Crippen LogP contribution is 2.35. The number of benzene rings is 1. The van der Waals surface area contributed by atoms with Gasteiger partial charge in [-0.15, -0.1) is 11.3 Å². The molecule has 8 heteroatoms. The molecule has 0 fully saturated rings. The molecule has 2 heterocycles. The van der Waals surface area contributed by atoms with E-state index in [0.29, 0.717) is 15.7 Å². The van der Waals surface area contributed by atoms with Crippen LogP contribution in [0.1, 0.15) is 11.8 Å². The molecule has 0 N–H and O–H groups in total. The molecule has 0 saturated heterocycles. The van der Waals surface area contributed by atoms with E-state index in [-0.39, 0.29) is 12.3 Å². The van der Waals surface area contributed by atoms with Crippen LogP contribution in [0.4, 0.5) is 0 Å². The second-order valence-electron chi connectivity index (χ2n) is 5.16. The Morgan fingerprint density at radius 3 is 2.48 bits per heavy atom. The zero-order valence-electron chi connectivity index (χ0n) is 14.0. The van der Waals surface area contributed by atoms with Gasteiger partial charge in [-0.1, -0.05) is 22.9 Å². The van der Waals surface area contributed by atoms with Crippen LogP contribution in [0.3, 0.4) is 0 Å². The first kappa shape index (κ1) is 18.0. The highest BCUT2D eigenvalue weighted by molar-refractivity contribution is 7.17. The number of hydrogen-bond donors (Lipinski definition) is 0. The molecule has 0 aliphatic rings. The van der Waals surface area contributed by atoms with E-state index in [1.165, 1.54) is 22.7 Å². The Hall–Kier alpha value is -1.83. The number of halogens is 1. The van der Waals surface area contributed by atoms with Gasteiger partial charge >= 0.3 is 0 Å². The van der Waals surface area contributed by atoms with E-state index in [2.05, 4.69) is 4.99 Å². The highest BCUT2D eigenvalue weighted by Gasteiger charge is 2.15. The molecule has 0 aliphatic heterocycles. The average molecular weight is 397 g/mol. The van der Waals surface area contributed by atoms with E-state index in [0.717, 1.165) is 26.6 Å². The summed E-state index contributed by atoms with van der Waals surface area (Å²) in [6, 6.07) is 7.36. The van der Waals surface area contributed by atoms with Crippen LogP contribution in [0.25, 0.3) is 10.2 Å². The summed E-state index contributed by atoms with van der Waals surface area (Å²) >= 11 is 8.73. The Bertz CT molecular complexity index is 988. The first-order valence-corrected chi connectivity index (χ1v) is 9.64. The van der Waals surface area contributed by atoms with E-state index < -0.39 is 0 Å². The third-order valence-corrected chi connectivity index (χ3v) is 6.01. The summed E-state index contributed by atoms with van der Waals surface area (Å²) in [6.07, 6.45) is 0.240. The molecule has 2 aromatic heterocycles. The number of methoxy groups -OCH3 is 2. The molecule has 1 amide bonds. The predicted molar refractivity (Wildman–Crippen MR) is 102 cm³/mol. The first-order chi connectivity index (χ1) is 12.1. The molecule has 25 heavy (non-hydrogen) atoms. The number of hydrogen-bond acceptors (Lipinski definition) is 5. The van der Waals surface area contributed by atoms with Gasteiger partial charge in [0.2, 0.25) is 0 Å². The number of nitrogens with zero attached hydrogens (tertiary/aromatic N) is 2. The van der Waals surface area contributed by atoms with Gasteiger partial charge < -0.3 is 14.0 Å². The molecule has 0 unspecified atom stereocenters. The van der Waals surface area contributed by atoms with E-state index in [9.17, 15) is 4.79 Å². The van der Waals surface area contributed by atoms with E-state index >= 15 is 0 Å². The summed E-state index contributed by atoms with van der Waals surface area (Å²) in [5.41, 5.74) is 0.889. The van der Waals surface area contributed by atoms with Crippen molar-refractivity contribution in [1.29, 1.82) is 0 Å². The van der Waals surface area contributed by atoms with Crippen molar-refractivity contribution in [3.63, 3.8) is 0 Å². The smallest absolute Gasteiger partial charge is 0.253 e. The topological polar surface area (TPSA) is 52.8 Å². The van der Waals surface area contributed by atoms with Gasteiger partial charge in [0.05, 0.1) is 25.0 Å². The summed E-state index contributed by atoms with van der Waals surface area (Å²) < 4.78 is 14.5. The maximum atomic E-state index is 12.4. The highest BCUT2D eigenvalue weighted by atomic mass is 35.5. The minimum absolute atomic E-state index is 0.204. The number of ether oxygens (including phenoxy) is 2. The number of carbonyl (C=O) groups is 1. The van der Waals surface area contributed by atoms with Crippen molar-refractivity contribution in [3.8, 4) is 11.5 Å². The van der Waals surface area contributed by atoms with E-state index in [1.54, 1.807) is 20.3 Å². The van der Waals surface area contributed by atoms with Gasteiger partial charge in [-0.3, -0.25) is 4.79 Å². The average Bonchev–Trinajstić information content (AvgIpc) is 3.16. The number of fused-ring (bicyclic) bond motifs is 1. The Labute approximate surface area is 158 Å². The molecule has 0 spiro atoms. The summed E-state index contributed by atoms with van der Waals surface area (Å²) in [5, 5.41) is 0. The number of amides is 1. The third-order valence-electron chi connectivity index (χ3n) is 3.68. The van der Waals surface area contributed by atoms with Gasteiger partial charge in [-0.2, -0.15) is 4.99 Å². The monoisotopic (exact) mass is 396 g/mol. The van der Waals surface area contributed by atoms with Crippen LogP contribution in [0.15, 0.2) is 29.3 Å². The third kappa shape index (κ3) is 3.58. The molecule has 132 valence electrons. The molecular weight excluding hydrogens is 380 g/mol. The van der Waals surface area contributed by atoms with Crippen molar-refractivity contribution < 1.29 is 14.3 Å². The van der Waals surface area contributed by atoms with Gasteiger partial charge in [-0.05, 0) is 31.2 Å². The fourth-order valence-electron chi connectivity index (χ4n) is 2.57. The summed E-state index contributed by atoms with van der Waals surface area (Å²) in [7, 11) is 3.25. The summed E-state index contributed by atoms with van der Waals surface area (Å²) in [4.78, 5) is 18.2. The molecule has 5 nitrogen and oxygen atoms in total. The number of carbonyl (C=O) groups excluding carboxylic acids is 1. The van der Waals surface area contributed by atoms with Crippen molar-refractivity contribution >= 4 is 50.4 Å². The molecule has 3 aromatic rings. The molecule has 0 bridgehead atoms. The van der Waals surface area contributed by atoms with Gasteiger partial charge in [0, 0.05) is 11.4 Å². The SMILES string of the molecule is CCn1c(=NC(=O)Cc2ccc(Cl)s2)sc2c(OC)ccc(OC)c21. The molecule has 0 radical (unpaired) electrons. The standard InChI is InChI=1S/C17H17ClN2O3S2/c1-4-20-15-11(22-2)6-7-12(23-3)16(15)25-17(20)19-14(21)9-10-5-8-13(18)24-10/h5-8H,4,9H2,1-3H3. The van der Waals surface area contributed by atoms with Gasteiger partial charge in [-0.25, -0.2) is 0 Å². The normalized spacial score (nSPS) is 11.9. The van der Waals surface area contributed by atoms with Gasteiger partial charge in [0.15, 0.2) is 4.80 Å². The lowest BCUT2D eigenvalue weighted by atomic mass is 10.3. The lowest BCUT2D eigenvalue weighted by Gasteiger charge is -2.08. The Kier molecular flexibility index (Phi) is 5.46. The quantitative estimate of drug-likeness (QED) is 0.651. The zero-order chi connectivity index (χ0) is 18.0. The van der Waals surface area contributed by atoms with Crippen molar-refractivity contribution in [1.82, 2.24) is 4.57 Å². The second-order valence-corrected chi connectivity index (χ2v) is 7.94. The molecule has 0 atom stereocenters. The van der Waals surface area contributed by atoms with Crippen LogP contribution < -0.4 is 14.3 Å². The predicted octanol–water partition coefficient (Wildman–Crippen LogP) is 4.12. The lowest BCUT2D eigenvalue weighted by molar-refractivity contribution is -0.117. The number of thiophene rings is 1. The largest absolute Gasteiger partial charge is 0.495 e. The summed E-state index contributed by atoms with van der Waals surface area (Å²) in [5.74, 6) is 1.26. The van der Waals surface area contributed by atoms with Crippen LogP contribution in [0, 0.1) is 0 Å². The Morgan fingerprint density at radius 1 is 1.16 bits per heavy atom. The second kappa shape index (κ2) is 7.59. The maximum absolute atomic E-state index is 12.4. The van der Waals surface area contributed by atoms with Crippen LogP contribution in [-0.2, 0) is 17.8 Å². The van der Waals surface area contributed by atoms with Crippen molar-refractivity contribution in [3.05, 3.63) is 38.3 Å². The number of aryl methyl sites for hydroxylation is 1. The number of rotatable bonds is 5. The molecular formula is C17H17ClN2O3S2. The molecule has 1 aromatic carbocycles. The Morgan fingerprint density at radius 2 is 1.88 bits per heavy atom. The minimum Gasteiger partial charge on any atom is -0.495 e. The first-order valence-electron chi connectivity index (χ1n) is 7.63. The number of aromatic nitrogens is 1. The van der Waals surface area contributed by atoms with Crippen molar-refractivity contribution in [2.75, 3.05) is 14.2 Å². The maximum Gasteiger partial charge on any atom is 0.253 e. The fourth-order valence-corrected chi connectivity index (χ4v) is 4.87. The molecule has 3 rings (SSSR count). The van der Waals surface area contributed by atoms with Crippen LogP contribution in [-0.4, -0.2) is 24.7 Å². The van der Waals surface area contributed by atoms with Crippen LogP contribution >= 0.6 is 34.3 Å². The zero-order valence-corrected chi connectivity index (χ0v) is 16.4.